The first-order valence-electron chi connectivity index (χ1n) is 14.1. The first kappa shape index (κ1) is 29.5. The van der Waals surface area contributed by atoms with E-state index in [1.807, 2.05) is 11.8 Å². The highest BCUT2D eigenvalue weighted by molar-refractivity contribution is 7.92. The number of amides is 2. The number of thiophene rings is 1. The predicted octanol–water partition coefficient (Wildman–Crippen LogP) is 2.40. The maximum atomic E-state index is 13.4. The number of piperidine rings is 3. The zero-order valence-corrected chi connectivity index (χ0v) is 25.1. The molecule has 220 valence electrons. The van der Waals surface area contributed by atoms with E-state index in [-0.39, 0.29) is 36.3 Å². The third-order valence-corrected chi connectivity index (χ3v) is 10.7. The summed E-state index contributed by atoms with van der Waals surface area (Å²) in [4.78, 5) is 45.2. The number of carbonyl (C=O) groups is 3. The van der Waals surface area contributed by atoms with Crippen LogP contribution in [-0.2, 0) is 29.1 Å². The molecule has 10 nitrogen and oxygen atoms in total. The topological polar surface area (TPSA) is 116 Å². The van der Waals surface area contributed by atoms with E-state index >= 15 is 0 Å². The SMILES string of the molecule is CCOC(=O)C1CCN(CC2C3CC3CN2C(=O)CN2CCC[C@H](NS(=O)(=O)C=Cc3ccc(Cl)s3)C2=O)CC1. The van der Waals surface area contributed by atoms with Crippen LogP contribution in [0.2, 0.25) is 4.34 Å². The van der Waals surface area contributed by atoms with Crippen LogP contribution in [-0.4, -0.2) is 98.9 Å². The number of hydrogen-bond acceptors (Lipinski definition) is 8. The van der Waals surface area contributed by atoms with E-state index in [2.05, 4.69) is 9.62 Å². The molecule has 1 aliphatic carbocycles. The van der Waals surface area contributed by atoms with Crippen LogP contribution in [0.15, 0.2) is 17.5 Å². The number of nitrogens with one attached hydrogen (secondary N) is 1. The summed E-state index contributed by atoms with van der Waals surface area (Å²) in [5.41, 5.74) is 0. The number of ether oxygens (including phenoxy) is 1. The average molecular weight is 613 g/mol. The van der Waals surface area contributed by atoms with Crippen molar-refractivity contribution >= 4 is 56.8 Å². The molecule has 0 bridgehead atoms. The molecule has 0 spiro atoms. The minimum atomic E-state index is -3.85. The van der Waals surface area contributed by atoms with Gasteiger partial charge in [-0.1, -0.05) is 11.6 Å². The average Bonchev–Trinajstić information content (AvgIpc) is 3.42. The Kier molecular flexibility index (Phi) is 9.20. The summed E-state index contributed by atoms with van der Waals surface area (Å²) in [5.74, 6) is 0.410. The van der Waals surface area contributed by atoms with Gasteiger partial charge in [0.2, 0.25) is 21.8 Å². The fourth-order valence-electron chi connectivity index (χ4n) is 6.24. The summed E-state index contributed by atoms with van der Waals surface area (Å²) in [5, 5.41) is 1.04. The van der Waals surface area contributed by atoms with Gasteiger partial charge in [-0.2, -0.15) is 4.72 Å². The van der Waals surface area contributed by atoms with Crippen LogP contribution in [0.25, 0.3) is 6.08 Å². The third-order valence-electron chi connectivity index (χ3n) is 8.44. The maximum absolute atomic E-state index is 13.4. The molecule has 40 heavy (non-hydrogen) atoms. The summed E-state index contributed by atoms with van der Waals surface area (Å²) < 4.78 is 33.5. The molecule has 5 rings (SSSR count). The Morgan fingerprint density at radius 1 is 1.20 bits per heavy atom. The van der Waals surface area contributed by atoms with E-state index in [0.717, 1.165) is 44.3 Å². The Hall–Kier alpha value is -1.99. The van der Waals surface area contributed by atoms with Crippen LogP contribution in [0.4, 0.5) is 0 Å². The van der Waals surface area contributed by atoms with Crippen molar-refractivity contribution in [3.63, 3.8) is 0 Å². The quantitative estimate of drug-likeness (QED) is 0.403. The van der Waals surface area contributed by atoms with Crippen molar-refractivity contribution in [2.75, 3.05) is 45.9 Å². The van der Waals surface area contributed by atoms with Gasteiger partial charge in [-0.05, 0) is 82.2 Å². The Bertz CT molecular complexity index is 1250. The molecule has 1 N–H and O–H groups in total. The summed E-state index contributed by atoms with van der Waals surface area (Å²) in [7, 11) is -3.85. The second-order valence-corrected chi connectivity index (χ2v) is 14.5. The molecule has 4 fully saturated rings. The Labute approximate surface area is 244 Å². The van der Waals surface area contributed by atoms with Crippen LogP contribution < -0.4 is 4.72 Å². The van der Waals surface area contributed by atoms with E-state index in [1.54, 1.807) is 12.1 Å². The van der Waals surface area contributed by atoms with E-state index < -0.39 is 16.1 Å². The molecule has 1 aromatic heterocycles. The van der Waals surface area contributed by atoms with Crippen molar-refractivity contribution in [1.29, 1.82) is 0 Å². The standard InChI is InChI=1S/C27H37ClN4O6S2/c1-2-38-27(35)18-7-11-30(12-8-18)16-23-21-14-19(21)15-32(23)25(33)17-31-10-3-4-22(26(31)34)29-40(36,37)13-9-20-5-6-24(28)39-20/h5-6,9,13,18-19,21-23,29H,2-4,7-8,10-12,14-17H2,1H3/t19?,21?,22-,23?/m0/s1. The molecule has 0 aromatic carbocycles. The molecule has 3 aliphatic heterocycles. The minimum absolute atomic E-state index is 0.0402. The number of likely N-dealkylation sites (tertiary alicyclic amines) is 3. The van der Waals surface area contributed by atoms with Crippen molar-refractivity contribution in [2.45, 2.75) is 51.1 Å². The van der Waals surface area contributed by atoms with Crippen molar-refractivity contribution < 1.29 is 27.5 Å². The lowest BCUT2D eigenvalue weighted by Gasteiger charge is -2.37. The maximum Gasteiger partial charge on any atom is 0.309 e. The number of sulfonamides is 1. The molecular weight excluding hydrogens is 576 g/mol. The lowest BCUT2D eigenvalue weighted by molar-refractivity contribution is -0.149. The second kappa shape index (κ2) is 12.5. The number of rotatable bonds is 10. The van der Waals surface area contributed by atoms with Crippen LogP contribution in [0.3, 0.4) is 0 Å². The summed E-state index contributed by atoms with van der Waals surface area (Å²) in [6.07, 6.45) is 5.12. The normalized spacial score (nSPS) is 27.8. The van der Waals surface area contributed by atoms with Crippen molar-refractivity contribution in [1.82, 2.24) is 19.4 Å². The molecule has 4 heterocycles. The van der Waals surface area contributed by atoms with Crippen molar-refractivity contribution in [2.24, 2.45) is 17.8 Å². The number of halogens is 1. The van der Waals surface area contributed by atoms with Gasteiger partial charge in [-0.15, -0.1) is 11.3 Å². The Morgan fingerprint density at radius 3 is 2.67 bits per heavy atom. The summed E-state index contributed by atoms with van der Waals surface area (Å²) >= 11 is 7.16. The van der Waals surface area contributed by atoms with Gasteiger partial charge in [-0.25, -0.2) is 8.42 Å². The highest BCUT2D eigenvalue weighted by atomic mass is 35.5. The van der Waals surface area contributed by atoms with Gasteiger partial charge in [0.15, 0.2) is 0 Å². The predicted molar refractivity (Wildman–Crippen MR) is 153 cm³/mol. The molecule has 13 heteroatoms. The molecule has 4 atom stereocenters. The first-order chi connectivity index (χ1) is 19.1. The zero-order valence-electron chi connectivity index (χ0n) is 22.7. The monoisotopic (exact) mass is 612 g/mol. The highest BCUT2D eigenvalue weighted by Crippen LogP contribution is 2.50. The number of esters is 1. The number of nitrogens with zero attached hydrogens (tertiary/aromatic N) is 3. The van der Waals surface area contributed by atoms with Gasteiger partial charge in [0.05, 0.1) is 23.4 Å². The first-order valence-corrected chi connectivity index (χ1v) is 16.8. The lowest BCUT2D eigenvalue weighted by Crippen LogP contribution is -2.55. The fraction of sp³-hybridized carbons (Fsp3) is 0.667. The van der Waals surface area contributed by atoms with Gasteiger partial charge in [0.1, 0.15) is 6.04 Å². The zero-order chi connectivity index (χ0) is 28.4. The third kappa shape index (κ3) is 7.07. The van der Waals surface area contributed by atoms with Gasteiger partial charge in [-0.3, -0.25) is 14.4 Å². The summed E-state index contributed by atoms with van der Waals surface area (Å²) in [6, 6.07) is 2.63. The molecule has 3 unspecified atom stereocenters. The van der Waals surface area contributed by atoms with Crippen molar-refractivity contribution in [3.8, 4) is 0 Å². The van der Waals surface area contributed by atoms with Gasteiger partial charge in [0.25, 0.3) is 0 Å². The Balaban J connectivity index is 1.14. The highest BCUT2D eigenvalue weighted by Gasteiger charge is 2.54. The molecular formula is C27H37ClN4O6S2. The largest absolute Gasteiger partial charge is 0.466 e. The van der Waals surface area contributed by atoms with Crippen LogP contribution in [0.5, 0.6) is 0 Å². The lowest BCUT2D eigenvalue weighted by atomic mass is 9.96. The number of carbonyl (C=O) groups excluding carboxylic acids is 3. The molecule has 1 aromatic rings. The number of fused-ring (bicyclic) bond motifs is 1. The minimum Gasteiger partial charge on any atom is -0.466 e. The van der Waals surface area contributed by atoms with Gasteiger partial charge < -0.3 is 19.4 Å². The van der Waals surface area contributed by atoms with Gasteiger partial charge >= 0.3 is 5.97 Å². The van der Waals surface area contributed by atoms with E-state index in [0.29, 0.717) is 53.6 Å². The molecule has 1 saturated carbocycles. The smallest absolute Gasteiger partial charge is 0.309 e. The molecule has 2 amide bonds. The van der Waals surface area contributed by atoms with E-state index in [1.165, 1.54) is 22.3 Å². The van der Waals surface area contributed by atoms with Crippen LogP contribution >= 0.6 is 22.9 Å². The van der Waals surface area contributed by atoms with Crippen LogP contribution in [0.1, 0.15) is 43.9 Å². The van der Waals surface area contributed by atoms with E-state index in [9.17, 15) is 22.8 Å². The summed E-state index contributed by atoms with van der Waals surface area (Å²) in [6.45, 7) is 5.71. The number of hydrogen-bond donors (Lipinski definition) is 1. The van der Waals surface area contributed by atoms with Crippen molar-refractivity contribution in [3.05, 3.63) is 26.8 Å². The van der Waals surface area contributed by atoms with Gasteiger partial charge in [0, 0.05) is 36.0 Å². The van der Waals surface area contributed by atoms with Crippen LogP contribution in [0, 0.1) is 17.8 Å². The molecule has 3 saturated heterocycles. The van der Waals surface area contributed by atoms with E-state index in [4.69, 9.17) is 16.3 Å². The molecule has 0 radical (unpaired) electrons. The molecule has 4 aliphatic rings. The fourth-order valence-corrected chi connectivity index (χ4v) is 8.31. The second-order valence-electron chi connectivity index (χ2n) is 11.2. The Morgan fingerprint density at radius 2 is 1.98 bits per heavy atom.